The number of nitrogens with zero attached hydrogens (tertiary/aromatic N) is 5. The van der Waals surface area contributed by atoms with Crippen LogP contribution < -0.4 is 9.47 Å². The number of alkyl halides is 2. The van der Waals surface area contributed by atoms with E-state index >= 15 is 0 Å². The van der Waals surface area contributed by atoms with E-state index in [9.17, 15) is 13.2 Å². The van der Waals surface area contributed by atoms with Gasteiger partial charge in [-0.3, -0.25) is 4.90 Å². The minimum atomic E-state index is -2.92. The largest absolute Gasteiger partial charge is 0.473 e. The first kappa shape index (κ1) is 25.3. The van der Waals surface area contributed by atoms with E-state index in [-0.39, 0.29) is 18.3 Å². The number of aromatic nitrogens is 4. The Labute approximate surface area is 216 Å². The van der Waals surface area contributed by atoms with E-state index in [0.717, 1.165) is 37.4 Å². The minimum Gasteiger partial charge on any atom is -0.473 e. The standard InChI is InChI=1S/C26H25ClF3N5O2/c1-34-22(33-24-21(37-26(29)30)7-10-31-25(24)34)14-35-11-8-16(9-12-35)20-3-2-4-23(32-20)36-15-17-5-6-18(27)13-19(17)28/h2-7,10,13,16,26H,8-9,11-12,14-15H2,1H3. The van der Waals surface area contributed by atoms with E-state index in [1.807, 2.05) is 23.7 Å². The van der Waals surface area contributed by atoms with Gasteiger partial charge in [-0.2, -0.15) is 8.78 Å². The molecule has 1 aromatic carbocycles. The Balaban J connectivity index is 1.20. The molecule has 0 unspecified atom stereocenters. The topological polar surface area (TPSA) is 65.3 Å². The maximum Gasteiger partial charge on any atom is 0.387 e. The molecule has 0 atom stereocenters. The number of likely N-dealkylation sites (tertiary alicyclic amines) is 1. The van der Waals surface area contributed by atoms with Crippen LogP contribution >= 0.6 is 11.6 Å². The van der Waals surface area contributed by atoms with Crippen LogP contribution in [0.5, 0.6) is 11.6 Å². The van der Waals surface area contributed by atoms with Crippen molar-refractivity contribution in [2.24, 2.45) is 7.05 Å². The molecule has 7 nitrogen and oxygen atoms in total. The first-order valence-corrected chi connectivity index (χ1v) is 12.3. The maximum atomic E-state index is 14.0. The molecule has 0 bridgehead atoms. The summed E-state index contributed by atoms with van der Waals surface area (Å²) in [6, 6.07) is 11.5. The highest BCUT2D eigenvalue weighted by molar-refractivity contribution is 6.30. The fraction of sp³-hybridized carbons (Fsp3) is 0.346. The third kappa shape index (κ3) is 5.80. The van der Waals surface area contributed by atoms with Gasteiger partial charge in [-0.15, -0.1) is 0 Å². The van der Waals surface area contributed by atoms with Crippen LogP contribution in [0.1, 0.15) is 35.8 Å². The number of aryl methyl sites for hydroxylation is 1. The number of pyridine rings is 2. The highest BCUT2D eigenvalue weighted by Crippen LogP contribution is 2.30. The van der Waals surface area contributed by atoms with Gasteiger partial charge in [0.15, 0.2) is 16.9 Å². The maximum absolute atomic E-state index is 14.0. The molecule has 37 heavy (non-hydrogen) atoms. The smallest absolute Gasteiger partial charge is 0.387 e. The van der Waals surface area contributed by atoms with Crippen molar-refractivity contribution in [1.82, 2.24) is 24.4 Å². The fourth-order valence-corrected chi connectivity index (χ4v) is 4.71. The Kier molecular flexibility index (Phi) is 7.48. The molecule has 3 aromatic heterocycles. The zero-order chi connectivity index (χ0) is 25.9. The van der Waals surface area contributed by atoms with E-state index in [0.29, 0.717) is 34.2 Å². The molecule has 4 heterocycles. The van der Waals surface area contributed by atoms with Crippen LogP contribution in [0, 0.1) is 5.82 Å². The van der Waals surface area contributed by atoms with Crippen molar-refractivity contribution < 1.29 is 22.6 Å². The van der Waals surface area contributed by atoms with Gasteiger partial charge in [0.2, 0.25) is 5.88 Å². The lowest BCUT2D eigenvalue weighted by Crippen LogP contribution is -2.33. The SMILES string of the molecule is Cn1c(CN2CCC(c3cccc(OCc4ccc(Cl)cc4F)n3)CC2)nc2c(OC(F)F)ccnc21. The molecule has 11 heteroatoms. The molecule has 0 aliphatic carbocycles. The number of halogens is 4. The van der Waals surface area contributed by atoms with Gasteiger partial charge < -0.3 is 14.0 Å². The number of ether oxygens (including phenoxy) is 2. The van der Waals surface area contributed by atoms with Gasteiger partial charge in [-0.25, -0.2) is 19.3 Å². The van der Waals surface area contributed by atoms with Gasteiger partial charge >= 0.3 is 6.61 Å². The lowest BCUT2D eigenvalue weighted by Gasteiger charge is -2.31. The monoisotopic (exact) mass is 531 g/mol. The summed E-state index contributed by atoms with van der Waals surface area (Å²) in [5, 5.41) is 0.339. The van der Waals surface area contributed by atoms with Crippen molar-refractivity contribution in [2.45, 2.75) is 38.5 Å². The van der Waals surface area contributed by atoms with Crippen LogP contribution in [0.25, 0.3) is 11.2 Å². The summed E-state index contributed by atoms with van der Waals surface area (Å²) < 4.78 is 51.7. The molecule has 1 aliphatic heterocycles. The molecule has 1 fully saturated rings. The van der Waals surface area contributed by atoms with Gasteiger partial charge in [-0.1, -0.05) is 23.7 Å². The predicted octanol–water partition coefficient (Wildman–Crippen LogP) is 5.72. The van der Waals surface area contributed by atoms with Crippen LogP contribution in [-0.2, 0) is 20.2 Å². The Hall–Kier alpha value is -3.37. The fourth-order valence-electron chi connectivity index (χ4n) is 4.55. The molecule has 1 aliphatic rings. The predicted molar refractivity (Wildman–Crippen MR) is 132 cm³/mol. The lowest BCUT2D eigenvalue weighted by atomic mass is 9.93. The normalized spacial score (nSPS) is 15.0. The van der Waals surface area contributed by atoms with Crippen molar-refractivity contribution >= 4 is 22.8 Å². The van der Waals surface area contributed by atoms with Crippen LogP contribution in [-0.4, -0.2) is 44.1 Å². The van der Waals surface area contributed by atoms with Crippen LogP contribution in [0.15, 0.2) is 48.7 Å². The third-order valence-corrected chi connectivity index (χ3v) is 6.77. The second-order valence-electron chi connectivity index (χ2n) is 8.92. The zero-order valence-electron chi connectivity index (χ0n) is 20.1. The quantitative estimate of drug-likeness (QED) is 0.290. The zero-order valence-corrected chi connectivity index (χ0v) is 20.8. The number of rotatable bonds is 8. The molecule has 0 radical (unpaired) electrons. The summed E-state index contributed by atoms with van der Waals surface area (Å²) in [7, 11) is 1.82. The summed E-state index contributed by atoms with van der Waals surface area (Å²) in [6.45, 7) is -0.646. The molecule has 0 N–H and O–H groups in total. The number of hydrogen-bond donors (Lipinski definition) is 0. The van der Waals surface area contributed by atoms with E-state index in [4.69, 9.17) is 16.3 Å². The number of fused-ring (bicyclic) bond motifs is 1. The molecular formula is C26H25ClF3N5O2. The molecule has 5 rings (SSSR count). The molecule has 194 valence electrons. The summed E-state index contributed by atoms with van der Waals surface area (Å²) in [4.78, 5) is 15.7. The van der Waals surface area contributed by atoms with Gasteiger partial charge in [0, 0.05) is 47.6 Å². The first-order chi connectivity index (χ1) is 17.9. The molecule has 0 amide bonds. The second-order valence-corrected chi connectivity index (χ2v) is 9.36. The summed E-state index contributed by atoms with van der Waals surface area (Å²) in [6.07, 6.45) is 3.22. The van der Waals surface area contributed by atoms with Crippen molar-refractivity contribution in [3.05, 3.63) is 76.6 Å². The first-order valence-electron chi connectivity index (χ1n) is 11.9. The van der Waals surface area contributed by atoms with E-state index in [1.165, 1.54) is 18.3 Å². The van der Waals surface area contributed by atoms with Crippen LogP contribution in [0.3, 0.4) is 0 Å². The Morgan fingerprint density at radius 3 is 2.68 bits per heavy atom. The van der Waals surface area contributed by atoms with Crippen molar-refractivity contribution in [3.8, 4) is 11.6 Å². The van der Waals surface area contributed by atoms with Crippen molar-refractivity contribution in [1.29, 1.82) is 0 Å². The van der Waals surface area contributed by atoms with E-state index < -0.39 is 12.4 Å². The summed E-state index contributed by atoms with van der Waals surface area (Å²) >= 11 is 5.81. The van der Waals surface area contributed by atoms with Crippen LogP contribution in [0.4, 0.5) is 13.2 Å². The average Bonchev–Trinajstić information content (AvgIpc) is 3.20. The number of benzene rings is 1. The average molecular weight is 532 g/mol. The van der Waals surface area contributed by atoms with E-state index in [1.54, 1.807) is 18.2 Å². The third-order valence-electron chi connectivity index (χ3n) is 6.54. The number of piperidine rings is 1. The Morgan fingerprint density at radius 1 is 1.11 bits per heavy atom. The van der Waals surface area contributed by atoms with Gasteiger partial charge in [0.1, 0.15) is 18.2 Å². The lowest BCUT2D eigenvalue weighted by molar-refractivity contribution is -0.0489. The minimum absolute atomic E-state index is 0.0209. The van der Waals surface area contributed by atoms with Gasteiger partial charge in [0.05, 0.1) is 6.54 Å². The van der Waals surface area contributed by atoms with Crippen molar-refractivity contribution in [3.63, 3.8) is 0 Å². The molecule has 0 saturated carbocycles. The van der Waals surface area contributed by atoms with Crippen molar-refractivity contribution in [2.75, 3.05) is 13.1 Å². The highest BCUT2D eigenvalue weighted by atomic mass is 35.5. The molecular weight excluding hydrogens is 507 g/mol. The second kappa shape index (κ2) is 10.9. The van der Waals surface area contributed by atoms with Crippen LogP contribution in [0.2, 0.25) is 5.02 Å². The Bertz CT molecular complexity index is 1390. The number of hydrogen-bond acceptors (Lipinski definition) is 6. The van der Waals surface area contributed by atoms with Gasteiger partial charge in [-0.05, 0) is 44.1 Å². The summed E-state index contributed by atoms with van der Waals surface area (Å²) in [5.74, 6) is 1.05. The Morgan fingerprint density at radius 2 is 1.92 bits per heavy atom. The molecule has 0 spiro atoms. The molecule has 4 aromatic rings. The number of imidazole rings is 1. The summed E-state index contributed by atoms with van der Waals surface area (Å²) in [5.41, 5.74) is 2.18. The van der Waals surface area contributed by atoms with Gasteiger partial charge in [0.25, 0.3) is 0 Å². The molecule has 1 saturated heterocycles. The highest BCUT2D eigenvalue weighted by Gasteiger charge is 2.24. The van der Waals surface area contributed by atoms with E-state index in [2.05, 4.69) is 24.6 Å².